The van der Waals surface area contributed by atoms with E-state index in [4.69, 9.17) is 9.63 Å². The summed E-state index contributed by atoms with van der Waals surface area (Å²) in [5.41, 5.74) is 2.13. The first-order chi connectivity index (χ1) is 8.29. The van der Waals surface area contributed by atoms with E-state index in [1.165, 1.54) is 5.56 Å². The lowest BCUT2D eigenvalue weighted by atomic mass is 10.1. The van der Waals surface area contributed by atoms with Crippen LogP contribution in [0.15, 0.2) is 28.8 Å². The second kappa shape index (κ2) is 5.84. The van der Waals surface area contributed by atoms with Crippen molar-refractivity contribution in [2.24, 2.45) is 0 Å². The molecule has 0 saturated heterocycles. The fraction of sp³-hybridized carbons (Fsp3) is 0.333. The first-order valence-corrected chi connectivity index (χ1v) is 6.53. The molecule has 1 aromatic carbocycles. The first-order valence-electron chi connectivity index (χ1n) is 5.38. The topological polar surface area (TPSA) is 59.2 Å². The quantitative estimate of drug-likeness (QED) is 0.825. The Morgan fingerprint density at radius 2 is 2.06 bits per heavy atom. The van der Waals surface area contributed by atoms with Gasteiger partial charge in [-0.05, 0) is 19.1 Å². The summed E-state index contributed by atoms with van der Waals surface area (Å²) in [4.78, 5) is 4.30. The molecule has 0 amide bonds. The molecule has 1 heterocycles. The van der Waals surface area contributed by atoms with Crippen LogP contribution in [0.2, 0.25) is 0 Å². The molecule has 0 fully saturated rings. The van der Waals surface area contributed by atoms with E-state index in [1.54, 1.807) is 11.8 Å². The monoisotopic (exact) mass is 250 g/mol. The standard InChI is InChI=1S/C12H14N2O2S/c1-9-2-4-10(5-3-9)12-13-11(14-16-12)8-17-7-6-15/h2-5,15H,6-8H2,1H3. The van der Waals surface area contributed by atoms with Crippen LogP contribution in [-0.4, -0.2) is 27.6 Å². The van der Waals surface area contributed by atoms with Crippen molar-refractivity contribution in [1.82, 2.24) is 10.1 Å². The maximum atomic E-state index is 8.67. The predicted octanol–water partition coefficient (Wildman–Crippen LogP) is 2.27. The average molecular weight is 250 g/mol. The Morgan fingerprint density at radius 3 is 2.76 bits per heavy atom. The molecule has 5 heteroatoms. The summed E-state index contributed by atoms with van der Waals surface area (Å²) in [5, 5.41) is 12.6. The minimum atomic E-state index is 0.174. The molecule has 0 unspecified atom stereocenters. The maximum Gasteiger partial charge on any atom is 0.257 e. The van der Waals surface area contributed by atoms with Crippen LogP contribution in [0, 0.1) is 6.92 Å². The number of benzene rings is 1. The lowest BCUT2D eigenvalue weighted by molar-refractivity contribution is 0.322. The zero-order chi connectivity index (χ0) is 12.1. The van der Waals surface area contributed by atoms with Crippen molar-refractivity contribution in [3.05, 3.63) is 35.7 Å². The molecule has 4 nitrogen and oxygen atoms in total. The minimum Gasteiger partial charge on any atom is -0.396 e. The number of aliphatic hydroxyl groups excluding tert-OH is 1. The van der Waals surface area contributed by atoms with Gasteiger partial charge in [-0.2, -0.15) is 16.7 Å². The maximum absolute atomic E-state index is 8.67. The molecule has 0 aliphatic carbocycles. The fourth-order valence-corrected chi connectivity index (χ4v) is 1.93. The van der Waals surface area contributed by atoms with E-state index in [2.05, 4.69) is 10.1 Å². The highest BCUT2D eigenvalue weighted by Crippen LogP contribution is 2.19. The molecule has 0 bridgehead atoms. The highest BCUT2D eigenvalue weighted by Gasteiger charge is 2.08. The number of hydrogen-bond acceptors (Lipinski definition) is 5. The van der Waals surface area contributed by atoms with Gasteiger partial charge in [-0.25, -0.2) is 0 Å². The highest BCUT2D eigenvalue weighted by molar-refractivity contribution is 7.98. The molecule has 2 rings (SSSR count). The van der Waals surface area contributed by atoms with Crippen molar-refractivity contribution < 1.29 is 9.63 Å². The molecule has 1 N–H and O–H groups in total. The van der Waals surface area contributed by atoms with Crippen molar-refractivity contribution in [3.8, 4) is 11.5 Å². The largest absolute Gasteiger partial charge is 0.396 e. The van der Waals surface area contributed by atoms with Crippen LogP contribution in [-0.2, 0) is 5.75 Å². The summed E-state index contributed by atoms with van der Waals surface area (Å²) in [5.74, 6) is 2.56. The Hall–Kier alpha value is -1.33. The Morgan fingerprint density at radius 1 is 1.29 bits per heavy atom. The fourth-order valence-electron chi connectivity index (χ4n) is 1.35. The van der Waals surface area contributed by atoms with Gasteiger partial charge >= 0.3 is 0 Å². The summed E-state index contributed by atoms with van der Waals surface area (Å²) in [6.45, 7) is 2.21. The van der Waals surface area contributed by atoms with E-state index in [0.29, 0.717) is 23.2 Å². The van der Waals surface area contributed by atoms with Gasteiger partial charge < -0.3 is 9.63 Å². The van der Waals surface area contributed by atoms with Crippen LogP contribution in [0.3, 0.4) is 0 Å². The van der Waals surface area contributed by atoms with E-state index in [1.807, 2.05) is 31.2 Å². The van der Waals surface area contributed by atoms with Crippen molar-refractivity contribution >= 4 is 11.8 Å². The Labute approximate surface area is 104 Å². The SMILES string of the molecule is Cc1ccc(-c2nc(CSCCO)no2)cc1. The molecule has 0 spiro atoms. The lowest BCUT2D eigenvalue weighted by Crippen LogP contribution is -1.89. The van der Waals surface area contributed by atoms with Crippen LogP contribution >= 0.6 is 11.8 Å². The molecule has 0 saturated carbocycles. The molecule has 2 aromatic rings. The zero-order valence-electron chi connectivity index (χ0n) is 9.59. The third-order valence-corrected chi connectivity index (χ3v) is 3.17. The van der Waals surface area contributed by atoms with Crippen LogP contribution in [0.25, 0.3) is 11.5 Å². The molecule has 0 radical (unpaired) electrons. The summed E-state index contributed by atoms with van der Waals surface area (Å²) in [6, 6.07) is 7.96. The number of thioether (sulfide) groups is 1. The van der Waals surface area contributed by atoms with E-state index < -0.39 is 0 Å². The van der Waals surface area contributed by atoms with Crippen LogP contribution in [0.5, 0.6) is 0 Å². The van der Waals surface area contributed by atoms with Gasteiger partial charge in [0.05, 0.1) is 12.4 Å². The van der Waals surface area contributed by atoms with E-state index in [0.717, 1.165) is 5.56 Å². The van der Waals surface area contributed by atoms with Gasteiger partial charge in [0.15, 0.2) is 5.82 Å². The van der Waals surface area contributed by atoms with Gasteiger partial charge in [0.2, 0.25) is 0 Å². The molecule has 1 aromatic heterocycles. The molecular formula is C12H14N2O2S. The van der Waals surface area contributed by atoms with Gasteiger partial charge in [-0.1, -0.05) is 22.9 Å². The smallest absolute Gasteiger partial charge is 0.257 e. The number of aromatic nitrogens is 2. The summed E-state index contributed by atoms with van der Waals surface area (Å²) >= 11 is 1.58. The molecule has 0 aliphatic heterocycles. The predicted molar refractivity (Wildman–Crippen MR) is 67.7 cm³/mol. The summed E-state index contributed by atoms with van der Waals surface area (Å²) < 4.78 is 5.18. The number of hydrogen-bond donors (Lipinski definition) is 1. The molecular weight excluding hydrogens is 236 g/mol. The van der Waals surface area contributed by atoms with Gasteiger partial charge in [-0.3, -0.25) is 0 Å². The number of aliphatic hydroxyl groups is 1. The van der Waals surface area contributed by atoms with Gasteiger partial charge in [0.25, 0.3) is 5.89 Å². The second-order valence-electron chi connectivity index (χ2n) is 3.66. The Kier molecular flexibility index (Phi) is 4.17. The van der Waals surface area contributed by atoms with Crippen molar-refractivity contribution in [2.45, 2.75) is 12.7 Å². The summed E-state index contributed by atoms with van der Waals surface area (Å²) in [7, 11) is 0. The van der Waals surface area contributed by atoms with E-state index >= 15 is 0 Å². The molecule has 17 heavy (non-hydrogen) atoms. The molecule has 0 atom stereocenters. The molecule has 90 valence electrons. The third kappa shape index (κ3) is 3.31. The minimum absolute atomic E-state index is 0.174. The average Bonchev–Trinajstić information content (AvgIpc) is 2.79. The van der Waals surface area contributed by atoms with Gasteiger partial charge in [0.1, 0.15) is 0 Å². The van der Waals surface area contributed by atoms with Gasteiger partial charge in [-0.15, -0.1) is 0 Å². The van der Waals surface area contributed by atoms with Gasteiger partial charge in [0, 0.05) is 11.3 Å². The van der Waals surface area contributed by atoms with Crippen molar-refractivity contribution in [2.75, 3.05) is 12.4 Å². The Bertz CT molecular complexity index is 468. The number of aryl methyl sites for hydroxylation is 1. The number of nitrogens with zero attached hydrogens (tertiary/aromatic N) is 2. The lowest BCUT2D eigenvalue weighted by Gasteiger charge is -1.94. The van der Waals surface area contributed by atoms with E-state index in [9.17, 15) is 0 Å². The van der Waals surface area contributed by atoms with Crippen LogP contribution < -0.4 is 0 Å². The third-order valence-electron chi connectivity index (χ3n) is 2.23. The summed E-state index contributed by atoms with van der Waals surface area (Å²) in [6.07, 6.45) is 0. The van der Waals surface area contributed by atoms with Crippen molar-refractivity contribution in [3.63, 3.8) is 0 Å². The van der Waals surface area contributed by atoms with Crippen molar-refractivity contribution in [1.29, 1.82) is 0 Å². The zero-order valence-corrected chi connectivity index (χ0v) is 10.4. The van der Waals surface area contributed by atoms with Crippen LogP contribution in [0.1, 0.15) is 11.4 Å². The second-order valence-corrected chi connectivity index (χ2v) is 4.76. The normalized spacial score (nSPS) is 10.7. The van der Waals surface area contributed by atoms with E-state index in [-0.39, 0.29) is 6.61 Å². The first kappa shape index (κ1) is 12.1. The van der Waals surface area contributed by atoms with Crippen LogP contribution in [0.4, 0.5) is 0 Å². The highest BCUT2D eigenvalue weighted by atomic mass is 32.2. The Balaban J connectivity index is 2.04. The molecule has 0 aliphatic rings. The number of rotatable bonds is 5.